The minimum Gasteiger partial charge on any atom is -0.494 e. The molecule has 3 fully saturated rings. The number of aryl methyl sites for hydroxylation is 1. The van der Waals surface area contributed by atoms with Crippen LogP contribution in [0.5, 0.6) is 5.75 Å². The Balaban J connectivity index is 0.000000330. The highest BCUT2D eigenvalue weighted by Crippen LogP contribution is 2.62. The number of hydrogen-bond acceptors (Lipinski definition) is 4. The highest BCUT2D eigenvalue weighted by Gasteiger charge is 2.53. The van der Waals surface area contributed by atoms with Gasteiger partial charge in [-0.15, -0.1) is 0 Å². The Bertz CT molecular complexity index is 1210. The molecule has 2 saturated carbocycles. The Kier molecular flexibility index (Phi) is 22.2. The van der Waals surface area contributed by atoms with Crippen LogP contribution in [-0.2, 0) is 6.42 Å². The van der Waals surface area contributed by atoms with E-state index in [0.717, 1.165) is 66.9 Å². The number of nitrogens with one attached hydrogen (secondary N) is 1. The molecule has 0 amide bonds. The molecule has 1 aromatic rings. The first-order valence-corrected chi connectivity index (χ1v) is 24.9. The molecule has 324 valence electrons. The van der Waals surface area contributed by atoms with Gasteiger partial charge in [-0.25, -0.2) is 8.78 Å². The molecule has 4 aliphatic rings. The van der Waals surface area contributed by atoms with Gasteiger partial charge in [0.1, 0.15) is 17.1 Å². The molecule has 0 bridgehead atoms. The first kappa shape index (κ1) is 49.1. The topological polar surface area (TPSA) is 24.5 Å². The number of benzene rings is 1. The van der Waals surface area contributed by atoms with Crippen LogP contribution in [0.15, 0.2) is 31.0 Å². The van der Waals surface area contributed by atoms with Gasteiger partial charge in [-0.05, 0) is 187 Å². The molecule has 1 aromatic carbocycles. The molecular weight excluding hydrogens is 715 g/mol. The largest absolute Gasteiger partial charge is 0.494 e. The number of thioether (sulfide) groups is 1. The molecule has 56 heavy (non-hydrogen) atoms. The second-order valence-corrected chi connectivity index (χ2v) is 19.9. The first-order chi connectivity index (χ1) is 26.9. The molecule has 1 heterocycles. The summed E-state index contributed by atoms with van der Waals surface area (Å²) in [5.41, 5.74) is 0.402. The van der Waals surface area contributed by atoms with E-state index in [-0.39, 0.29) is 0 Å². The summed E-state index contributed by atoms with van der Waals surface area (Å²) in [6.07, 6.45) is 27.0. The van der Waals surface area contributed by atoms with Crippen molar-refractivity contribution >= 4 is 11.8 Å². The van der Waals surface area contributed by atoms with Gasteiger partial charge in [-0.2, -0.15) is 11.8 Å². The monoisotopic (exact) mass is 803 g/mol. The summed E-state index contributed by atoms with van der Waals surface area (Å²) in [5, 5.41) is 3.30. The fourth-order valence-electron chi connectivity index (χ4n) is 10.4. The van der Waals surface area contributed by atoms with Gasteiger partial charge in [0, 0.05) is 12.6 Å². The summed E-state index contributed by atoms with van der Waals surface area (Å²) in [6.45, 7) is 23.5. The fraction of sp³-hybridized carbons (Fsp3) is 0.840. The molecule has 3 aliphatic carbocycles. The Morgan fingerprint density at radius 1 is 0.946 bits per heavy atom. The lowest BCUT2D eigenvalue weighted by atomic mass is 9.54. The standard InChI is InChI=1S/C31H48N2O.C17H34F2S.C2H6/c1-4-32-18-15-25(33-19-6-5-7-20-33)16-21-34-26-10-12-27-24(22-26)9-11-29-28(27)14-17-31(3)23(2)8-13-30(29)31;1-5-6-7-8-9-10-11-14-20-15-12-13-17(4,19)16(2,3)18;1-2/h4,10,12,22-23,25,28-30,32H,1,5-9,11,13-21H2,2-3H3;5-15H2,1-4H3;1-2H3. The summed E-state index contributed by atoms with van der Waals surface area (Å²) in [7, 11) is 0. The predicted octanol–water partition coefficient (Wildman–Crippen LogP) is 14.7. The second kappa shape index (κ2) is 25.4. The number of likely N-dealkylation sites (tertiary alicyclic amines) is 1. The molecule has 0 aromatic heterocycles. The van der Waals surface area contributed by atoms with E-state index in [9.17, 15) is 8.78 Å². The molecule has 1 saturated heterocycles. The molecule has 5 rings (SSSR count). The maximum Gasteiger partial charge on any atom is 0.141 e. The predicted molar refractivity (Wildman–Crippen MR) is 243 cm³/mol. The summed E-state index contributed by atoms with van der Waals surface area (Å²) in [5.74, 6) is 6.78. The average molecular weight is 803 g/mol. The van der Waals surface area contributed by atoms with Crippen molar-refractivity contribution < 1.29 is 13.5 Å². The zero-order chi connectivity index (χ0) is 41.0. The van der Waals surface area contributed by atoms with Crippen LogP contribution in [0.4, 0.5) is 8.78 Å². The minimum atomic E-state index is -1.74. The lowest BCUT2D eigenvalue weighted by Crippen LogP contribution is -2.41. The quantitative estimate of drug-likeness (QED) is 0.118. The van der Waals surface area contributed by atoms with Crippen molar-refractivity contribution in [2.24, 2.45) is 23.2 Å². The van der Waals surface area contributed by atoms with Crippen molar-refractivity contribution in [2.45, 2.75) is 207 Å². The maximum atomic E-state index is 14.0. The van der Waals surface area contributed by atoms with E-state index in [2.05, 4.69) is 55.8 Å². The number of hydrogen-bond donors (Lipinski definition) is 1. The minimum absolute atomic E-state index is 0.320. The molecule has 1 aliphatic heterocycles. The van der Waals surface area contributed by atoms with E-state index in [1.54, 1.807) is 11.1 Å². The number of halogens is 2. The van der Waals surface area contributed by atoms with Crippen molar-refractivity contribution in [3.63, 3.8) is 0 Å². The molecule has 7 atom stereocenters. The Labute approximate surface area is 350 Å². The zero-order valence-electron chi connectivity index (χ0n) is 37.8. The highest BCUT2D eigenvalue weighted by molar-refractivity contribution is 7.99. The number of alkyl halides is 2. The molecule has 1 N–H and O–H groups in total. The normalized spacial score (nSPS) is 26.2. The number of ether oxygens (including phenoxy) is 1. The third-order valence-electron chi connectivity index (χ3n) is 14.6. The summed E-state index contributed by atoms with van der Waals surface area (Å²) in [4.78, 5) is 2.70. The van der Waals surface area contributed by atoms with Gasteiger partial charge in [0.2, 0.25) is 0 Å². The third kappa shape index (κ3) is 14.8. The van der Waals surface area contributed by atoms with Crippen LogP contribution in [0.3, 0.4) is 0 Å². The van der Waals surface area contributed by atoms with Crippen LogP contribution in [0.1, 0.15) is 194 Å². The van der Waals surface area contributed by atoms with E-state index in [0.29, 0.717) is 17.9 Å². The van der Waals surface area contributed by atoms with Crippen LogP contribution >= 0.6 is 11.8 Å². The second-order valence-electron chi connectivity index (χ2n) is 18.6. The summed E-state index contributed by atoms with van der Waals surface area (Å²) < 4.78 is 33.9. The Morgan fingerprint density at radius 3 is 2.34 bits per heavy atom. The number of unbranched alkanes of at least 4 members (excludes halogenated alkanes) is 6. The average Bonchev–Trinajstić information content (AvgIpc) is 3.50. The van der Waals surface area contributed by atoms with Crippen molar-refractivity contribution in [3.8, 4) is 5.75 Å². The Hall–Kier alpha value is -1.27. The van der Waals surface area contributed by atoms with Crippen LogP contribution < -0.4 is 10.1 Å². The molecule has 0 spiro atoms. The van der Waals surface area contributed by atoms with Crippen molar-refractivity contribution in [3.05, 3.63) is 42.1 Å². The first-order valence-electron chi connectivity index (χ1n) is 23.7. The molecule has 0 radical (unpaired) electrons. The van der Waals surface area contributed by atoms with Gasteiger partial charge < -0.3 is 15.0 Å². The number of fused-ring (bicyclic) bond motifs is 5. The number of nitrogens with zero attached hydrogens (tertiary/aromatic N) is 1. The smallest absolute Gasteiger partial charge is 0.141 e. The van der Waals surface area contributed by atoms with Crippen LogP contribution in [0.25, 0.3) is 0 Å². The summed E-state index contributed by atoms with van der Waals surface area (Å²) >= 11 is 1.88. The van der Waals surface area contributed by atoms with Crippen molar-refractivity contribution in [1.29, 1.82) is 0 Å². The van der Waals surface area contributed by atoms with Gasteiger partial charge in [0.25, 0.3) is 0 Å². The summed E-state index contributed by atoms with van der Waals surface area (Å²) in [6, 6.07) is 7.72. The van der Waals surface area contributed by atoms with Gasteiger partial charge in [0.15, 0.2) is 0 Å². The third-order valence-corrected chi connectivity index (χ3v) is 15.8. The van der Waals surface area contributed by atoms with E-state index < -0.39 is 11.3 Å². The van der Waals surface area contributed by atoms with Gasteiger partial charge in [-0.3, -0.25) is 0 Å². The molecule has 3 nitrogen and oxygen atoms in total. The Morgan fingerprint density at radius 2 is 1.64 bits per heavy atom. The van der Waals surface area contributed by atoms with E-state index in [1.165, 1.54) is 143 Å². The SMILES string of the molecule is C=CNCCC(CCOc1ccc2c(c1)CCC1C2CCC2(C)C(C)CCC12)N1CCCCC1.CC.CCCCCCCCCSCCCC(C)(F)C(C)(C)F. The van der Waals surface area contributed by atoms with Gasteiger partial charge in [0.05, 0.1) is 6.61 Å². The van der Waals surface area contributed by atoms with E-state index in [1.807, 2.05) is 31.8 Å². The van der Waals surface area contributed by atoms with Crippen LogP contribution in [-0.4, -0.2) is 60.0 Å². The van der Waals surface area contributed by atoms with Gasteiger partial charge in [-0.1, -0.05) is 92.2 Å². The number of piperidine rings is 1. The highest BCUT2D eigenvalue weighted by atomic mass is 32.2. The van der Waals surface area contributed by atoms with Crippen molar-refractivity contribution in [2.75, 3.05) is 37.7 Å². The molecular formula is C50H88F2N2OS. The zero-order valence-corrected chi connectivity index (χ0v) is 38.6. The fourth-order valence-corrected chi connectivity index (χ4v) is 11.4. The molecule has 6 heteroatoms. The van der Waals surface area contributed by atoms with Gasteiger partial charge >= 0.3 is 0 Å². The maximum absolute atomic E-state index is 14.0. The van der Waals surface area contributed by atoms with Crippen LogP contribution in [0.2, 0.25) is 0 Å². The van der Waals surface area contributed by atoms with Crippen LogP contribution in [0, 0.1) is 23.2 Å². The van der Waals surface area contributed by atoms with Crippen molar-refractivity contribution in [1.82, 2.24) is 10.2 Å². The lowest BCUT2D eigenvalue weighted by Gasteiger charge is -2.50. The molecule has 7 unspecified atom stereocenters. The lowest BCUT2D eigenvalue weighted by molar-refractivity contribution is -0.00708. The van der Waals surface area contributed by atoms with E-state index in [4.69, 9.17) is 4.74 Å². The van der Waals surface area contributed by atoms with E-state index >= 15 is 0 Å². The number of rotatable bonds is 22.